The van der Waals surface area contributed by atoms with Crippen molar-refractivity contribution in [1.29, 1.82) is 0 Å². The van der Waals surface area contributed by atoms with Crippen LogP contribution in [0, 0.1) is 5.41 Å². The van der Waals surface area contributed by atoms with E-state index in [0.717, 1.165) is 12.8 Å². The van der Waals surface area contributed by atoms with Gasteiger partial charge in [0.15, 0.2) is 0 Å². The predicted octanol–water partition coefficient (Wildman–Crippen LogP) is -0.288. The first-order chi connectivity index (χ1) is 7.18. The lowest BCUT2D eigenvalue weighted by Crippen LogP contribution is -2.44. The standard InChI is InChI=1S/C7H14F3N3O2S/c8-7(9,10)5-13-16(14,15)12-4-6(3-11)1-2-6/h12-13H,1-5,11H2. The zero-order chi connectivity index (χ0) is 12.4. The normalized spacial score (nSPS) is 19.8. The van der Waals surface area contributed by atoms with E-state index >= 15 is 0 Å². The minimum absolute atomic E-state index is 0.0801. The molecule has 16 heavy (non-hydrogen) atoms. The summed E-state index contributed by atoms with van der Waals surface area (Å²) in [6.07, 6.45) is -2.96. The molecule has 9 heteroatoms. The monoisotopic (exact) mass is 261 g/mol. The van der Waals surface area contributed by atoms with Crippen LogP contribution in [0.1, 0.15) is 12.8 Å². The zero-order valence-electron chi connectivity index (χ0n) is 8.47. The zero-order valence-corrected chi connectivity index (χ0v) is 9.29. The second kappa shape index (κ2) is 4.47. The second-order valence-corrected chi connectivity index (χ2v) is 5.55. The molecule has 0 unspecified atom stereocenters. The van der Waals surface area contributed by atoms with Crippen molar-refractivity contribution in [2.75, 3.05) is 19.6 Å². The molecular formula is C7H14F3N3O2S. The first-order valence-electron chi connectivity index (χ1n) is 4.69. The Kier molecular flexibility index (Phi) is 3.83. The van der Waals surface area contributed by atoms with E-state index in [1.165, 1.54) is 4.72 Å². The largest absolute Gasteiger partial charge is 0.402 e. The Labute approximate surface area is 91.8 Å². The number of hydrogen-bond donors (Lipinski definition) is 3. The number of nitrogens with two attached hydrogens (primary N) is 1. The molecule has 0 aliphatic heterocycles. The fourth-order valence-electron chi connectivity index (χ4n) is 1.11. The van der Waals surface area contributed by atoms with Gasteiger partial charge in [-0.15, -0.1) is 0 Å². The van der Waals surface area contributed by atoms with Crippen LogP contribution in [0.2, 0.25) is 0 Å². The van der Waals surface area contributed by atoms with Crippen LogP contribution in [0.25, 0.3) is 0 Å². The molecule has 1 fully saturated rings. The lowest BCUT2D eigenvalue weighted by atomic mass is 10.1. The molecule has 0 radical (unpaired) electrons. The Hall–Kier alpha value is -0.380. The summed E-state index contributed by atoms with van der Waals surface area (Å²) in [5.74, 6) is 0. The average molecular weight is 261 g/mol. The highest BCUT2D eigenvalue weighted by Gasteiger charge is 2.42. The third kappa shape index (κ3) is 4.64. The van der Waals surface area contributed by atoms with Gasteiger partial charge in [0.25, 0.3) is 10.2 Å². The van der Waals surface area contributed by atoms with Crippen molar-refractivity contribution in [3.63, 3.8) is 0 Å². The molecule has 4 N–H and O–H groups in total. The van der Waals surface area contributed by atoms with Gasteiger partial charge in [0.2, 0.25) is 0 Å². The maximum absolute atomic E-state index is 11.8. The van der Waals surface area contributed by atoms with Crippen molar-refractivity contribution in [2.24, 2.45) is 11.1 Å². The minimum Gasteiger partial charge on any atom is -0.330 e. The molecule has 0 bridgehead atoms. The van der Waals surface area contributed by atoms with E-state index in [-0.39, 0.29) is 12.0 Å². The van der Waals surface area contributed by atoms with E-state index in [0.29, 0.717) is 6.54 Å². The quantitative estimate of drug-likeness (QED) is 0.614. The van der Waals surface area contributed by atoms with Gasteiger partial charge in [-0.05, 0) is 24.8 Å². The Bertz CT molecular complexity index is 337. The molecule has 0 aromatic heterocycles. The van der Waals surface area contributed by atoms with Gasteiger partial charge >= 0.3 is 6.18 Å². The molecule has 1 saturated carbocycles. The van der Waals surface area contributed by atoms with Gasteiger partial charge in [0, 0.05) is 6.54 Å². The molecule has 0 heterocycles. The van der Waals surface area contributed by atoms with Crippen molar-refractivity contribution >= 4 is 10.2 Å². The minimum atomic E-state index is -4.56. The van der Waals surface area contributed by atoms with Gasteiger partial charge in [-0.1, -0.05) is 0 Å². The van der Waals surface area contributed by atoms with Crippen LogP contribution < -0.4 is 15.2 Å². The van der Waals surface area contributed by atoms with Crippen molar-refractivity contribution in [1.82, 2.24) is 9.44 Å². The lowest BCUT2D eigenvalue weighted by molar-refractivity contribution is -0.121. The summed E-state index contributed by atoms with van der Waals surface area (Å²) in [4.78, 5) is 0. The summed E-state index contributed by atoms with van der Waals surface area (Å²) >= 11 is 0. The summed E-state index contributed by atoms with van der Waals surface area (Å²) in [5.41, 5.74) is 5.15. The van der Waals surface area contributed by atoms with Crippen LogP contribution in [0.4, 0.5) is 13.2 Å². The van der Waals surface area contributed by atoms with Crippen molar-refractivity contribution in [3.8, 4) is 0 Å². The maximum Gasteiger partial charge on any atom is 0.402 e. The lowest BCUT2D eigenvalue weighted by Gasteiger charge is -2.14. The van der Waals surface area contributed by atoms with Gasteiger partial charge in [-0.2, -0.15) is 26.3 Å². The highest BCUT2D eigenvalue weighted by atomic mass is 32.2. The molecule has 5 nitrogen and oxygen atoms in total. The van der Waals surface area contributed by atoms with Gasteiger partial charge in [-0.25, -0.2) is 4.72 Å². The fraction of sp³-hybridized carbons (Fsp3) is 1.00. The van der Waals surface area contributed by atoms with Crippen LogP contribution in [0.5, 0.6) is 0 Å². The number of alkyl halides is 3. The Balaban J connectivity index is 2.35. The molecular weight excluding hydrogens is 247 g/mol. The number of nitrogens with one attached hydrogen (secondary N) is 2. The molecule has 0 atom stereocenters. The molecule has 1 aliphatic rings. The Morgan fingerprint density at radius 3 is 2.19 bits per heavy atom. The first-order valence-corrected chi connectivity index (χ1v) is 6.17. The first kappa shape index (κ1) is 13.7. The van der Waals surface area contributed by atoms with Crippen LogP contribution in [0.3, 0.4) is 0 Å². The van der Waals surface area contributed by atoms with E-state index in [1.54, 1.807) is 0 Å². The third-order valence-corrected chi connectivity index (χ3v) is 3.54. The van der Waals surface area contributed by atoms with E-state index in [9.17, 15) is 21.6 Å². The summed E-state index contributed by atoms with van der Waals surface area (Å²) in [6, 6.07) is 0. The van der Waals surface area contributed by atoms with E-state index in [2.05, 4.69) is 4.72 Å². The number of rotatable bonds is 6. The van der Waals surface area contributed by atoms with Gasteiger partial charge < -0.3 is 5.73 Å². The summed E-state index contributed by atoms with van der Waals surface area (Å²) in [6.45, 7) is -1.16. The molecule has 0 spiro atoms. The van der Waals surface area contributed by atoms with Crippen molar-refractivity contribution < 1.29 is 21.6 Å². The molecule has 0 aromatic carbocycles. The summed E-state index contributed by atoms with van der Waals surface area (Å²) < 4.78 is 61.0. The molecule has 0 amide bonds. The highest BCUT2D eigenvalue weighted by molar-refractivity contribution is 7.87. The molecule has 96 valence electrons. The van der Waals surface area contributed by atoms with Gasteiger partial charge in [0.05, 0.1) is 0 Å². The molecule has 1 aliphatic carbocycles. The molecule has 0 saturated heterocycles. The second-order valence-electron chi connectivity index (χ2n) is 3.96. The number of halogens is 3. The Morgan fingerprint density at radius 2 is 1.81 bits per heavy atom. The molecule has 0 aromatic rings. The van der Waals surface area contributed by atoms with E-state index < -0.39 is 22.9 Å². The van der Waals surface area contributed by atoms with Crippen LogP contribution >= 0.6 is 0 Å². The van der Waals surface area contributed by atoms with Gasteiger partial charge in [-0.3, -0.25) is 0 Å². The smallest absolute Gasteiger partial charge is 0.330 e. The molecule has 1 rings (SSSR count). The van der Waals surface area contributed by atoms with Crippen molar-refractivity contribution in [3.05, 3.63) is 0 Å². The van der Waals surface area contributed by atoms with E-state index in [1.807, 2.05) is 0 Å². The number of hydrogen-bond acceptors (Lipinski definition) is 3. The predicted molar refractivity (Wildman–Crippen MR) is 51.7 cm³/mol. The summed E-state index contributed by atoms with van der Waals surface area (Å²) in [7, 11) is -4.09. The van der Waals surface area contributed by atoms with Crippen LogP contribution in [-0.4, -0.2) is 34.2 Å². The maximum atomic E-state index is 11.8. The van der Waals surface area contributed by atoms with E-state index in [4.69, 9.17) is 5.73 Å². The fourth-order valence-corrected chi connectivity index (χ4v) is 2.06. The highest BCUT2D eigenvalue weighted by Crippen LogP contribution is 2.43. The average Bonchev–Trinajstić information content (AvgIpc) is 2.92. The van der Waals surface area contributed by atoms with Crippen LogP contribution in [-0.2, 0) is 10.2 Å². The SMILES string of the molecule is NCC1(CNS(=O)(=O)NCC(F)(F)F)CC1. The topological polar surface area (TPSA) is 84.2 Å². The van der Waals surface area contributed by atoms with Gasteiger partial charge in [0.1, 0.15) is 6.54 Å². The van der Waals surface area contributed by atoms with Crippen LogP contribution in [0.15, 0.2) is 0 Å². The Morgan fingerprint density at radius 1 is 1.25 bits per heavy atom. The van der Waals surface area contributed by atoms with Crippen molar-refractivity contribution in [2.45, 2.75) is 19.0 Å². The third-order valence-electron chi connectivity index (χ3n) is 2.49. The summed E-state index contributed by atoms with van der Waals surface area (Å²) in [5, 5.41) is 0.